The Morgan fingerprint density at radius 3 is 2.12 bits per heavy atom. The number of carboxylic acids is 1. The van der Waals surface area contributed by atoms with E-state index in [1.807, 2.05) is 0 Å². The molecule has 0 aromatic carbocycles. The zero-order chi connectivity index (χ0) is 12.9. The summed E-state index contributed by atoms with van der Waals surface area (Å²) < 4.78 is 11.8. The summed E-state index contributed by atoms with van der Waals surface area (Å²) in [5, 5.41) is 9.67. The minimum Gasteiger partial charge on any atom is -0.480 e. The molecule has 0 bridgehead atoms. The Kier molecular flexibility index (Phi) is 6.25. The first-order valence-electron chi connectivity index (χ1n) is 5.23. The van der Waals surface area contributed by atoms with Crippen molar-refractivity contribution in [2.45, 2.75) is 50.7 Å². The molecule has 0 fully saturated rings. The molecule has 16 heavy (non-hydrogen) atoms. The van der Waals surface area contributed by atoms with Crippen LogP contribution < -0.4 is 5.32 Å². The summed E-state index contributed by atoms with van der Waals surface area (Å²) in [4.78, 5) is 22.3. The number of amides is 1. The lowest BCUT2D eigenvalue weighted by Gasteiger charge is -2.17. The van der Waals surface area contributed by atoms with Gasteiger partial charge in [-0.05, 0) is 27.2 Å². The number of hydrogen-bond acceptors (Lipinski definition) is 3. The lowest BCUT2D eigenvalue weighted by Crippen LogP contribution is -2.43. The standard InChI is InChI=1S/C10H19NO4S/c1-5-8(10(13)14)16(15)7(4)9(12)11-6(2)3/h6-8H,5H2,1-4H3,(H,11,12)(H,13,14). The van der Waals surface area contributed by atoms with Crippen LogP contribution >= 0.6 is 0 Å². The number of hydrogen-bond donors (Lipinski definition) is 2. The first-order valence-corrected chi connectivity index (χ1v) is 6.51. The highest BCUT2D eigenvalue weighted by molar-refractivity contribution is 7.87. The van der Waals surface area contributed by atoms with E-state index < -0.39 is 27.3 Å². The highest BCUT2D eigenvalue weighted by Gasteiger charge is 2.30. The van der Waals surface area contributed by atoms with E-state index in [0.29, 0.717) is 0 Å². The van der Waals surface area contributed by atoms with Gasteiger partial charge in [-0.3, -0.25) is 13.8 Å². The fraction of sp³-hybridized carbons (Fsp3) is 0.800. The van der Waals surface area contributed by atoms with Gasteiger partial charge in [-0.25, -0.2) is 0 Å². The fourth-order valence-electron chi connectivity index (χ4n) is 1.19. The zero-order valence-corrected chi connectivity index (χ0v) is 10.8. The van der Waals surface area contributed by atoms with Gasteiger partial charge < -0.3 is 10.4 Å². The van der Waals surface area contributed by atoms with Crippen LogP contribution in [0.1, 0.15) is 34.1 Å². The average molecular weight is 249 g/mol. The van der Waals surface area contributed by atoms with Crippen LogP contribution in [0.2, 0.25) is 0 Å². The van der Waals surface area contributed by atoms with Crippen molar-refractivity contribution in [2.75, 3.05) is 0 Å². The summed E-state index contributed by atoms with van der Waals surface area (Å²) in [5.74, 6) is -1.49. The summed E-state index contributed by atoms with van der Waals surface area (Å²) in [6, 6.07) is -0.0446. The quantitative estimate of drug-likeness (QED) is 0.718. The van der Waals surface area contributed by atoms with Gasteiger partial charge in [-0.15, -0.1) is 0 Å². The van der Waals surface area contributed by atoms with Gasteiger partial charge in [0.15, 0.2) is 0 Å². The van der Waals surface area contributed by atoms with Crippen molar-refractivity contribution in [2.24, 2.45) is 0 Å². The first kappa shape index (κ1) is 15.1. The third kappa shape index (κ3) is 4.30. The van der Waals surface area contributed by atoms with Crippen molar-refractivity contribution in [1.82, 2.24) is 5.32 Å². The van der Waals surface area contributed by atoms with Gasteiger partial charge >= 0.3 is 5.97 Å². The van der Waals surface area contributed by atoms with Crippen LogP contribution in [0.4, 0.5) is 0 Å². The molecular formula is C10H19NO4S. The molecule has 3 atom stereocenters. The molecule has 0 rings (SSSR count). The van der Waals surface area contributed by atoms with Crippen molar-refractivity contribution in [3.05, 3.63) is 0 Å². The highest BCUT2D eigenvalue weighted by atomic mass is 32.2. The van der Waals surface area contributed by atoms with Crippen LogP contribution in [-0.2, 0) is 20.4 Å². The Morgan fingerprint density at radius 1 is 1.31 bits per heavy atom. The van der Waals surface area contributed by atoms with Crippen LogP contribution in [0.25, 0.3) is 0 Å². The van der Waals surface area contributed by atoms with Gasteiger partial charge in [0, 0.05) is 16.8 Å². The van der Waals surface area contributed by atoms with E-state index in [1.54, 1.807) is 20.8 Å². The minimum atomic E-state index is -1.69. The molecule has 0 aliphatic rings. The summed E-state index contributed by atoms with van der Waals surface area (Å²) in [6.45, 7) is 6.72. The molecule has 0 aliphatic heterocycles. The number of carbonyl (C=O) groups excluding carboxylic acids is 1. The van der Waals surface area contributed by atoms with E-state index in [2.05, 4.69) is 5.32 Å². The molecule has 0 spiro atoms. The number of aliphatic carboxylic acids is 1. The zero-order valence-electron chi connectivity index (χ0n) is 10.0. The maximum absolute atomic E-state index is 11.8. The Morgan fingerprint density at radius 2 is 1.81 bits per heavy atom. The molecule has 1 amide bonds. The van der Waals surface area contributed by atoms with Crippen molar-refractivity contribution < 1.29 is 18.9 Å². The number of rotatable bonds is 6. The lowest BCUT2D eigenvalue weighted by atomic mass is 10.3. The van der Waals surface area contributed by atoms with Gasteiger partial charge in [0.1, 0.15) is 10.5 Å². The Labute approximate surface area is 98.1 Å². The second-order valence-corrected chi connectivity index (χ2v) is 5.80. The van der Waals surface area contributed by atoms with E-state index in [9.17, 15) is 13.8 Å². The number of nitrogens with one attached hydrogen (secondary N) is 1. The van der Waals surface area contributed by atoms with E-state index in [1.165, 1.54) is 6.92 Å². The molecular weight excluding hydrogens is 230 g/mol. The Bertz CT molecular complexity index is 291. The predicted molar refractivity (Wildman–Crippen MR) is 62.6 cm³/mol. The molecule has 6 heteroatoms. The van der Waals surface area contributed by atoms with E-state index in [-0.39, 0.29) is 18.4 Å². The molecule has 5 nitrogen and oxygen atoms in total. The topological polar surface area (TPSA) is 83.5 Å². The molecule has 0 saturated heterocycles. The van der Waals surface area contributed by atoms with Crippen molar-refractivity contribution in [1.29, 1.82) is 0 Å². The molecule has 0 aromatic rings. The van der Waals surface area contributed by atoms with Crippen LogP contribution in [0.3, 0.4) is 0 Å². The van der Waals surface area contributed by atoms with Gasteiger partial charge in [0.25, 0.3) is 0 Å². The maximum atomic E-state index is 11.8. The van der Waals surface area contributed by atoms with Gasteiger partial charge in [-0.2, -0.15) is 0 Å². The lowest BCUT2D eigenvalue weighted by molar-refractivity contribution is -0.136. The van der Waals surface area contributed by atoms with E-state index in [0.717, 1.165) is 0 Å². The summed E-state index contributed by atoms with van der Waals surface area (Å²) in [7, 11) is -1.69. The third-order valence-corrected chi connectivity index (χ3v) is 4.08. The van der Waals surface area contributed by atoms with Gasteiger partial charge in [-0.1, -0.05) is 6.92 Å². The minimum absolute atomic E-state index is 0.0446. The molecule has 0 radical (unpaired) electrons. The van der Waals surface area contributed by atoms with Gasteiger partial charge in [0.05, 0.1) is 0 Å². The summed E-state index contributed by atoms with van der Waals surface area (Å²) in [6.07, 6.45) is 0.251. The normalized spacial score (nSPS) is 16.6. The predicted octanol–water partition coefficient (Wildman–Crippen LogP) is 0.511. The van der Waals surface area contributed by atoms with Crippen LogP contribution in [0.15, 0.2) is 0 Å². The third-order valence-electron chi connectivity index (χ3n) is 2.08. The highest BCUT2D eigenvalue weighted by Crippen LogP contribution is 2.09. The summed E-state index contributed by atoms with van der Waals surface area (Å²) >= 11 is 0. The van der Waals surface area contributed by atoms with Crippen molar-refractivity contribution >= 4 is 22.7 Å². The second kappa shape index (κ2) is 6.62. The molecule has 0 aliphatic carbocycles. The van der Waals surface area contributed by atoms with E-state index in [4.69, 9.17) is 5.11 Å². The van der Waals surface area contributed by atoms with E-state index >= 15 is 0 Å². The molecule has 0 aromatic heterocycles. The van der Waals surface area contributed by atoms with Crippen LogP contribution in [0, 0.1) is 0 Å². The maximum Gasteiger partial charge on any atom is 0.319 e. The summed E-state index contributed by atoms with van der Waals surface area (Å²) in [5.41, 5.74) is 0. The van der Waals surface area contributed by atoms with Gasteiger partial charge in [0.2, 0.25) is 5.91 Å². The molecule has 0 heterocycles. The van der Waals surface area contributed by atoms with Crippen LogP contribution in [0.5, 0.6) is 0 Å². The average Bonchev–Trinajstić information content (AvgIpc) is 2.15. The largest absolute Gasteiger partial charge is 0.480 e. The first-order chi connectivity index (χ1) is 7.31. The Balaban J connectivity index is 4.59. The van der Waals surface area contributed by atoms with Crippen molar-refractivity contribution in [3.8, 4) is 0 Å². The van der Waals surface area contributed by atoms with Crippen molar-refractivity contribution in [3.63, 3.8) is 0 Å². The monoisotopic (exact) mass is 249 g/mol. The fourth-order valence-corrected chi connectivity index (χ4v) is 2.49. The molecule has 0 saturated carbocycles. The second-order valence-electron chi connectivity index (χ2n) is 3.87. The van der Waals surface area contributed by atoms with Crippen LogP contribution in [-0.4, -0.2) is 37.7 Å². The smallest absolute Gasteiger partial charge is 0.319 e. The SMILES string of the molecule is CCC(C(=O)O)S(=O)C(C)C(=O)NC(C)C. The number of carboxylic acid groups (broad SMARTS) is 1. The molecule has 3 unspecified atom stereocenters. The Hall–Kier alpha value is -0.910. The number of carbonyl (C=O) groups is 2. The molecule has 94 valence electrons. The molecule has 2 N–H and O–H groups in total.